The zero-order chi connectivity index (χ0) is 64.1. The van der Waals surface area contributed by atoms with Crippen molar-refractivity contribution in [3.8, 4) is 46.8 Å². The molecular formula is C68H68F3N17O4S2. The third kappa shape index (κ3) is 14.3. The van der Waals surface area contributed by atoms with E-state index in [4.69, 9.17) is 26.7 Å². The lowest BCUT2D eigenvalue weighted by Crippen LogP contribution is -2.48. The molecule has 21 nitrogen and oxygen atoms in total. The van der Waals surface area contributed by atoms with E-state index in [0.29, 0.717) is 74.1 Å². The molecule has 14 rings (SSSR count). The predicted molar refractivity (Wildman–Crippen MR) is 356 cm³/mol. The number of halogens is 3. The predicted octanol–water partition coefficient (Wildman–Crippen LogP) is 9.91. The van der Waals surface area contributed by atoms with Crippen LogP contribution in [0.4, 0.5) is 31.0 Å². The van der Waals surface area contributed by atoms with E-state index >= 15 is 0 Å². The molecule has 0 spiro atoms. The number of nitrogen functional groups attached to an aromatic ring is 3. The summed E-state index contributed by atoms with van der Waals surface area (Å²) in [5.41, 5.74) is 22.8. The molecule has 0 amide bonds. The van der Waals surface area contributed by atoms with Gasteiger partial charge in [-0.2, -0.15) is 0 Å². The summed E-state index contributed by atoms with van der Waals surface area (Å²) >= 11 is 2.66. The van der Waals surface area contributed by atoms with Crippen LogP contribution in [0.2, 0.25) is 0 Å². The van der Waals surface area contributed by atoms with E-state index in [-0.39, 0.29) is 63.2 Å². The van der Waals surface area contributed by atoms with Gasteiger partial charge in [0.2, 0.25) is 17.8 Å². The summed E-state index contributed by atoms with van der Waals surface area (Å²) < 4.78 is 50.5. The number of rotatable bonds is 8. The number of nitrogens with zero attached hydrogens (tertiary/aromatic N) is 14. The summed E-state index contributed by atoms with van der Waals surface area (Å²) in [7, 11) is 0. The fourth-order valence-corrected chi connectivity index (χ4v) is 12.0. The number of aliphatic hydroxyl groups is 3. The van der Waals surface area contributed by atoms with Crippen LogP contribution in [0, 0.1) is 73.7 Å². The molecule has 0 aromatic carbocycles. The van der Waals surface area contributed by atoms with E-state index in [1.807, 2.05) is 38.3 Å². The Morgan fingerprint density at radius 3 is 1.64 bits per heavy atom. The molecule has 3 unspecified atom stereocenters. The molecule has 1 saturated heterocycles. The highest BCUT2D eigenvalue weighted by molar-refractivity contribution is 7.10. The minimum Gasteiger partial charge on any atom is -0.372 e. The van der Waals surface area contributed by atoms with Gasteiger partial charge in [0.05, 0.1) is 35.8 Å². The number of allylic oxidation sites excluding steroid dienone is 2. The van der Waals surface area contributed by atoms with Crippen LogP contribution in [-0.2, 0) is 29.6 Å². The Bertz CT molecular complexity index is 4770. The highest BCUT2D eigenvalue weighted by Crippen LogP contribution is 2.41. The zero-order valence-electron chi connectivity index (χ0n) is 49.8. The lowest BCUT2D eigenvalue weighted by atomic mass is 10.0. The first kappa shape index (κ1) is 68.3. The molecule has 2 fully saturated rings. The number of hydrogen-bond acceptors (Lipinski definition) is 22. The summed E-state index contributed by atoms with van der Waals surface area (Å²) in [5.74, 6) is 16.2. The Hall–Kier alpha value is -10.1. The number of nitrogens with two attached hydrogens (primary N) is 3. The summed E-state index contributed by atoms with van der Waals surface area (Å²) in [5, 5.41) is 41.0. The average molecular weight is 1310 g/mol. The lowest BCUT2D eigenvalue weighted by molar-refractivity contribution is 0.101. The largest absolute Gasteiger partial charge is 0.372 e. The fraction of sp³-hybridized carbons (Fsp3) is 0.294. The van der Waals surface area contributed by atoms with Gasteiger partial charge in [-0.05, 0) is 125 Å². The number of pyridine rings is 3. The van der Waals surface area contributed by atoms with Crippen LogP contribution in [0.5, 0.6) is 0 Å². The van der Waals surface area contributed by atoms with Crippen LogP contribution < -0.4 is 17.2 Å². The molecule has 0 bridgehead atoms. The van der Waals surface area contributed by atoms with Gasteiger partial charge in [-0.25, -0.2) is 68.0 Å². The SMILES string of the molecule is C.C.C.Cc1cc(C(C)(O)C#Cc2cc3c(cn2)CC=C3c2nc(N)ncc2F)no1.Cc1nc(C#CC(C)(O)c2nccs2)cc2c(-c3nc(N)ncc3F)cn(C3CN(C4CC4)C3)c12.Cc1nc(C#CC(C)(O)c2nccs2)cc2c1CC=C2c1nc(N)ncc1F. The highest BCUT2D eigenvalue weighted by atomic mass is 32.1. The molecule has 1 saturated carbocycles. The first-order valence-corrected chi connectivity index (χ1v) is 30.3. The molecule has 11 heterocycles. The molecule has 10 aromatic rings. The average Bonchev–Trinajstić information content (AvgIpc) is 1.59. The number of thiazole rings is 2. The number of hydrogen-bond donors (Lipinski definition) is 6. The van der Waals surface area contributed by atoms with Crippen LogP contribution in [0.15, 0.2) is 95.1 Å². The molecule has 1 aliphatic heterocycles. The molecular weight excluding hydrogens is 1240 g/mol. The second kappa shape index (κ2) is 27.2. The second-order valence-corrected chi connectivity index (χ2v) is 24.3. The van der Waals surface area contributed by atoms with E-state index < -0.39 is 34.3 Å². The number of fused-ring (bicyclic) bond motifs is 3. The van der Waals surface area contributed by atoms with Crippen molar-refractivity contribution >= 4 is 62.6 Å². The maximum Gasteiger partial charge on any atom is 0.220 e. The summed E-state index contributed by atoms with van der Waals surface area (Å²) in [4.78, 5) is 47.7. The Morgan fingerprint density at radius 2 is 1.09 bits per heavy atom. The maximum absolute atomic E-state index is 14.8. The standard InChI is InChI=1S/C25H24FN7OS.C20H16FN5O2.C20H16FN5OS.3CH4/c1-14-22-18(9-15(30-14)5-6-25(2,34)23-28-7-8-35-23)19(21-20(26)10-29-24(27)31-21)13-33(22)17-11-32(12-17)16-3-4-16;1-11-7-17(26-28-11)20(2,27)6-5-13-8-15-12(9-23-13)3-4-14(15)18-16(21)10-24-19(22)25-18;1-11-13-3-4-14(17-16(21)10-24-19(22)26-17)15(13)9-12(25-11)5-6-20(2,27)18-23-7-8-28-18;;;/h7-10,13,16-17,34H,3-4,11-12H2,1-2H3,(H2,27,29,31);4,7-10,27H,3H2,1-2H3,(H2,22,24,25);4,7-10,27H,3H2,1-2H3,(H2,22,24,26);3*1H4. The van der Waals surface area contributed by atoms with Gasteiger partial charge in [-0.15, -0.1) is 22.7 Å². The third-order valence-corrected chi connectivity index (χ3v) is 17.4. The molecule has 94 heavy (non-hydrogen) atoms. The van der Waals surface area contributed by atoms with Crippen molar-refractivity contribution in [2.24, 2.45) is 0 Å². The normalized spacial score (nSPS) is 15.5. The summed E-state index contributed by atoms with van der Waals surface area (Å²) in [6.07, 6.45) is 17.6. The summed E-state index contributed by atoms with van der Waals surface area (Å²) in [6, 6.07) is 7.95. The van der Waals surface area contributed by atoms with Crippen LogP contribution in [0.1, 0.15) is 146 Å². The van der Waals surface area contributed by atoms with Gasteiger partial charge in [-0.3, -0.25) is 4.90 Å². The van der Waals surface area contributed by atoms with Crippen LogP contribution in [0.25, 0.3) is 33.3 Å². The fourth-order valence-electron chi connectivity index (χ4n) is 10.7. The smallest absolute Gasteiger partial charge is 0.220 e. The van der Waals surface area contributed by atoms with Crippen molar-refractivity contribution in [2.45, 2.75) is 118 Å². The minimum atomic E-state index is -1.50. The Labute approximate surface area is 549 Å². The third-order valence-electron chi connectivity index (χ3n) is 15.4. The van der Waals surface area contributed by atoms with Gasteiger partial charge >= 0.3 is 0 Å². The first-order chi connectivity index (χ1) is 43.5. The molecule has 482 valence electrons. The van der Waals surface area contributed by atoms with Gasteiger partial charge in [0, 0.05) is 88.5 Å². The Balaban J connectivity index is 0.000000165. The number of aromatic nitrogens is 13. The number of likely N-dealkylation sites (tertiary alicyclic amines) is 1. The molecule has 3 aliphatic carbocycles. The first-order valence-electron chi connectivity index (χ1n) is 28.5. The van der Waals surface area contributed by atoms with E-state index in [2.05, 4.69) is 100.0 Å². The molecule has 4 aliphatic rings. The van der Waals surface area contributed by atoms with Crippen LogP contribution in [-0.4, -0.2) is 104 Å². The van der Waals surface area contributed by atoms with Crippen LogP contribution in [0.3, 0.4) is 0 Å². The molecule has 3 atom stereocenters. The van der Waals surface area contributed by atoms with Gasteiger partial charge in [0.15, 0.2) is 34.3 Å². The quantitative estimate of drug-likeness (QED) is 0.0771. The van der Waals surface area contributed by atoms with E-state index in [0.717, 1.165) is 76.2 Å². The number of aryl methyl sites for hydroxylation is 3. The van der Waals surface area contributed by atoms with E-state index in [1.54, 1.807) is 68.3 Å². The van der Waals surface area contributed by atoms with Crippen molar-refractivity contribution < 1.29 is 33.0 Å². The minimum absolute atomic E-state index is 0. The van der Waals surface area contributed by atoms with Gasteiger partial charge < -0.3 is 41.6 Å². The Kier molecular flexibility index (Phi) is 19.8. The molecule has 10 aromatic heterocycles. The Morgan fingerprint density at radius 1 is 0.574 bits per heavy atom. The van der Waals surface area contributed by atoms with Crippen molar-refractivity contribution in [3.05, 3.63) is 192 Å². The van der Waals surface area contributed by atoms with Crippen molar-refractivity contribution in [2.75, 3.05) is 30.3 Å². The number of anilines is 3. The van der Waals surface area contributed by atoms with E-state index in [1.165, 1.54) is 42.4 Å². The zero-order valence-corrected chi connectivity index (χ0v) is 51.4. The van der Waals surface area contributed by atoms with Crippen molar-refractivity contribution in [3.63, 3.8) is 0 Å². The summed E-state index contributed by atoms with van der Waals surface area (Å²) in [6.45, 7) is 12.2. The van der Waals surface area contributed by atoms with Gasteiger partial charge in [-0.1, -0.05) is 57.3 Å². The lowest BCUT2D eigenvalue weighted by Gasteiger charge is -2.40. The van der Waals surface area contributed by atoms with Crippen LogP contribution >= 0.6 is 22.7 Å². The topological polar surface area (TPSA) is 315 Å². The van der Waals surface area contributed by atoms with Crippen molar-refractivity contribution in [1.82, 2.24) is 69.4 Å². The molecule has 9 N–H and O–H groups in total. The van der Waals surface area contributed by atoms with Crippen molar-refractivity contribution in [1.29, 1.82) is 0 Å². The monoisotopic (exact) mass is 1310 g/mol. The molecule has 26 heteroatoms. The van der Waals surface area contributed by atoms with Gasteiger partial charge in [0.1, 0.15) is 55.6 Å². The second-order valence-electron chi connectivity index (χ2n) is 22.5. The van der Waals surface area contributed by atoms with E-state index in [9.17, 15) is 28.5 Å². The maximum atomic E-state index is 14.8. The van der Waals surface area contributed by atoms with Gasteiger partial charge in [0.25, 0.3) is 0 Å². The molecule has 0 radical (unpaired) electrons. The highest BCUT2D eigenvalue weighted by Gasteiger charge is 2.40.